The van der Waals surface area contributed by atoms with Crippen LogP contribution in [0.2, 0.25) is 0 Å². The molecule has 0 heterocycles. The molecule has 4 heteroatoms. The Labute approximate surface area is 87.2 Å². The van der Waals surface area contributed by atoms with Gasteiger partial charge in [-0.25, -0.2) is 4.39 Å². The van der Waals surface area contributed by atoms with Gasteiger partial charge >= 0.3 is 0 Å². The third-order valence-corrected chi connectivity index (χ3v) is 2.75. The Morgan fingerprint density at radius 1 is 1.57 bits per heavy atom. The van der Waals surface area contributed by atoms with Crippen LogP contribution in [0, 0.1) is 11.2 Å². The van der Waals surface area contributed by atoms with E-state index in [0.29, 0.717) is 5.56 Å². The van der Waals surface area contributed by atoms with Crippen molar-refractivity contribution in [2.75, 3.05) is 5.75 Å². The molecule has 0 aliphatic rings. The van der Waals surface area contributed by atoms with Gasteiger partial charge in [0.05, 0.1) is 0 Å². The molecule has 14 heavy (non-hydrogen) atoms. The lowest BCUT2D eigenvalue weighted by Gasteiger charge is -2.07. The first-order chi connectivity index (χ1) is 6.65. The highest BCUT2D eigenvalue weighted by Crippen LogP contribution is 2.17. The van der Waals surface area contributed by atoms with Crippen LogP contribution in [0.1, 0.15) is 18.1 Å². The highest BCUT2D eigenvalue weighted by molar-refractivity contribution is 7.98. The molecule has 0 saturated heterocycles. The predicted octanol–water partition coefficient (Wildman–Crippen LogP) is 2.36. The fraction of sp³-hybridized carbons (Fsp3) is 0.300. The molecule has 0 aliphatic heterocycles. The summed E-state index contributed by atoms with van der Waals surface area (Å²) in [5.74, 6) is 1.34. The van der Waals surface area contributed by atoms with Crippen molar-refractivity contribution >= 4 is 17.6 Å². The van der Waals surface area contributed by atoms with E-state index < -0.39 is 0 Å². The molecule has 1 rings (SSSR count). The number of nitrogens with two attached hydrogens (primary N) is 1. The zero-order valence-electron chi connectivity index (χ0n) is 8.01. The summed E-state index contributed by atoms with van der Waals surface area (Å²) >= 11 is 1.72. The molecule has 76 valence electrons. The van der Waals surface area contributed by atoms with Crippen LogP contribution in [0.3, 0.4) is 0 Å². The molecule has 3 N–H and O–H groups in total. The number of halogens is 1. The second-order valence-corrected chi connectivity index (χ2v) is 4.13. The number of hydrogen-bond donors (Lipinski definition) is 2. The third kappa shape index (κ3) is 2.73. The molecular weight excluding hydrogens is 199 g/mol. The molecule has 1 aromatic carbocycles. The summed E-state index contributed by atoms with van der Waals surface area (Å²) in [6, 6.07) is 4.40. The van der Waals surface area contributed by atoms with Crippen LogP contribution in [-0.4, -0.2) is 11.6 Å². The standard InChI is InChI=1S/C10H13FN2S/c1-2-14-6-7-3-4-8(11)5-9(7)10(12)13/h3-5H,2,6H2,1H3,(H3,12,13). The summed E-state index contributed by atoms with van der Waals surface area (Å²) < 4.78 is 12.9. The average Bonchev–Trinajstić information content (AvgIpc) is 2.15. The monoisotopic (exact) mass is 212 g/mol. The highest BCUT2D eigenvalue weighted by Gasteiger charge is 2.06. The first kappa shape index (κ1) is 11.0. The molecule has 0 amide bonds. The van der Waals surface area contributed by atoms with Crippen molar-refractivity contribution in [3.05, 3.63) is 35.1 Å². The van der Waals surface area contributed by atoms with E-state index >= 15 is 0 Å². The number of nitrogen functional groups attached to an aromatic ring is 1. The van der Waals surface area contributed by atoms with E-state index in [2.05, 4.69) is 6.92 Å². The van der Waals surface area contributed by atoms with Crippen LogP contribution in [-0.2, 0) is 5.75 Å². The number of amidine groups is 1. The van der Waals surface area contributed by atoms with Crippen LogP contribution < -0.4 is 5.73 Å². The van der Waals surface area contributed by atoms with Crippen molar-refractivity contribution in [2.45, 2.75) is 12.7 Å². The maximum absolute atomic E-state index is 12.9. The van der Waals surface area contributed by atoms with E-state index in [1.165, 1.54) is 12.1 Å². The zero-order chi connectivity index (χ0) is 10.6. The van der Waals surface area contributed by atoms with Gasteiger partial charge in [0.1, 0.15) is 11.7 Å². The topological polar surface area (TPSA) is 49.9 Å². The lowest BCUT2D eigenvalue weighted by atomic mass is 10.1. The summed E-state index contributed by atoms with van der Waals surface area (Å²) in [7, 11) is 0. The molecule has 0 spiro atoms. The van der Waals surface area contributed by atoms with Gasteiger partial charge in [-0.1, -0.05) is 13.0 Å². The SMILES string of the molecule is CCSCc1ccc(F)cc1C(=N)N. The molecule has 0 aromatic heterocycles. The fourth-order valence-electron chi connectivity index (χ4n) is 1.14. The maximum Gasteiger partial charge on any atom is 0.123 e. The van der Waals surface area contributed by atoms with Gasteiger partial charge < -0.3 is 5.73 Å². The molecule has 1 aromatic rings. The van der Waals surface area contributed by atoms with Crippen molar-refractivity contribution in [3.63, 3.8) is 0 Å². The highest BCUT2D eigenvalue weighted by atomic mass is 32.2. The van der Waals surface area contributed by atoms with E-state index in [9.17, 15) is 4.39 Å². The van der Waals surface area contributed by atoms with Gasteiger partial charge in [-0.3, -0.25) is 5.41 Å². The van der Waals surface area contributed by atoms with Crippen molar-refractivity contribution in [2.24, 2.45) is 5.73 Å². The average molecular weight is 212 g/mol. The van der Waals surface area contributed by atoms with Crippen LogP contribution in [0.25, 0.3) is 0 Å². The normalized spacial score (nSPS) is 10.1. The van der Waals surface area contributed by atoms with Crippen LogP contribution in [0.5, 0.6) is 0 Å². The van der Waals surface area contributed by atoms with Crippen molar-refractivity contribution in [3.8, 4) is 0 Å². The summed E-state index contributed by atoms with van der Waals surface area (Å²) in [5.41, 5.74) is 6.79. The van der Waals surface area contributed by atoms with Crippen molar-refractivity contribution in [1.82, 2.24) is 0 Å². The predicted molar refractivity (Wildman–Crippen MR) is 59.3 cm³/mol. The molecule has 0 aliphatic carbocycles. The number of hydrogen-bond acceptors (Lipinski definition) is 2. The zero-order valence-corrected chi connectivity index (χ0v) is 8.83. The van der Waals surface area contributed by atoms with Gasteiger partial charge in [0, 0.05) is 11.3 Å². The summed E-state index contributed by atoms with van der Waals surface area (Å²) in [6.07, 6.45) is 0. The third-order valence-electron chi connectivity index (χ3n) is 1.82. The van der Waals surface area contributed by atoms with Gasteiger partial charge in [0.2, 0.25) is 0 Å². The van der Waals surface area contributed by atoms with Crippen molar-refractivity contribution < 1.29 is 4.39 Å². The van der Waals surface area contributed by atoms with Crippen LogP contribution >= 0.6 is 11.8 Å². The Balaban J connectivity index is 2.96. The molecule has 2 nitrogen and oxygen atoms in total. The lowest BCUT2D eigenvalue weighted by Crippen LogP contribution is -2.13. The van der Waals surface area contributed by atoms with Gasteiger partial charge in [0.15, 0.2) is 0 Å². The number of benzene rings is 1. The van der Waals surface area contributed by atoms with Gasteiger partial charge in [0.25, 0.3) is 0 Å². The van der Waals surface area contributed by atoms with Gasteiger partial charge in [-0.15, -0.1) is 0 Å². The van der Waals surface area contributed by atoms with E-state index in [1.54, 1.807) is 17.8 Å². The minimum Gasteiger partial charge on any atom is -0.384 e. The molecule has 0 saturated carbocycles. The molecular formula is C10H13FN2S. The number of thioether (sulfide) groups is 1. The minimum atomic E-state index is -0.347. The second kappa shape index (κ2) is 5.00. The summed E-state index contributed by atoms with van der Waals surface area (Å²) in [4.78, 5) is 0. The van der Waals surface area contributed by atoms with Crippen LogP contribution in [0.15, 0.2) is 18.2 Å². The molecule has 0 radical (unpaired) electrons. The van der Waals surface area contributed by atoms with Gasteiger partial charge in [-0.05, 0) is 23.4 Å². The molecule has 0 bridgehead atoms. The molecule has 0 atom stereocenters. The Hall–Kier alpha value is -1.03. The Kier molecular flexibility index (Phi) is 3.95. The second-order valence-electron chi connectivity index (χ2n) is 2.85. The van der Waals surface area contributed by atoms with E-state index in [0.717, 1.165) is 17.1 Å². The minimum absolute atomic E-state index is 0.0730. The Morgan fingerprint density at radius 3 is 2.86 bits per heavy atom. The largest absolute Gasteiger partial charge is 0.384 e. The van der Waals surface area contributed by atoms with Gasteiger partial charge in [-0.2, -0.15) is 11.8 Å². The maximum atomic E-state index is 12.9. The van der Waals surface area contributed by atoms with Crippen LogP contribution in [0.4, 0.5) is 4.39 Å². The Morgan fingerprint density at radius 2 is 2.29 bits per heavy atom. The first-order valence-corrected chi connectivity index (χ1v) is 5.51. The quantitative estimate of drug-likeness (QED) is 0.594. The number of rotatable bonds is 4. The smallest absolute Gasteiger partial charge is 0.123 e. The lowest BCUT2D eigenvalue weighted by molar-refractivity contribution is 0.627. The van der Waals surface area contributed by atoms with E-state index in [4.69, 9.17) is 11.1 Å². The molecule has 0 fully saturated rings. The Bertz CT molecular complexity index is 339. The summed E-state index contributed by atoms with van der Waals surface area (Å²) in [5, 5.41) is 7.31. The number of nitrogens with one attached hydrogen (secondary N) is 1. The molecule has 0 unspecified atom stereocenters. The van der Waals surface area contributed by atoms with E-state index in [1.807, 2.05) is 0 Å². The first-order valence-electron chi connectivity index (χ1n) is 4.35. The summed E-state index contributed by atoms with van der Waals surface area (Å²) in [6.45, 7) is 2.06. The fourth-order valence-corrected chi connectivity index (χ4v) is 1.81. The van der Waals surface area contributed by atoms with Crippen molar-refractivity contribution in [1.29, 1.82) is 5.41 Å². The van der Waals surface area contributed by atoms with E-state index in [-0.39, 0.29) is 11.7 Å².